The van der Waals surface area contributed by atoms with E-state index in [4.69, 9.17) is 0 Å². The first-order valence-electron chi connectivity index (χ1n) is 4.38. The summed E-state index contributed by atoms with van der Waals surface area (Å²) in [5, 5.41) is 9.84. The SMILES string of the molecule is CS(=O)(=O)[C@@H]1CC=C(C[N+](=O)[O-])CC1. The first-order chi connectivity index (χ1) is 6.39. The summed E-state index contributed by atoms with van der Waals surface area (Å²) < 4.78 is 22.3. The lowest BCUT2D eigenvalue weighted by Crippen LogP contribution is -2.23. The van der Waals surface area contributed by atoms with Crippen molar-refractivity contribution in [3.05, 3.63) is 21.8 Å². The fourth-order valence-electron chi connectivity index (χ4n) is 1.56. The highest BCUT2D eigenvalue weighted by molar-refractivity contribution is 7.91. The smallest absolute Gasteiger partial charge is 0.224 e. The molecule has 0 fully saturated rings. The van der Waals surface area contributed by atoms with Gasteiger partial charge in [0.15, 0.2) is 9.84 Å². The fourth-order valence-corrected chi connectivity index (χ4v) is 2.55. The van der Waals surface area contributed by atoms with Crippen LogP contribution in [0.2, 0.25) is 0 Å². The van der Waals surface area contributed by atoms with Crippen molar-refractivity contribution in [3.8, 4) is 0 Å². The molecule has 14 heavy (non-hydrogen) atoms. The van der Waals surface area contributed by atoms with Gasteiger partial charge in [0.2, 0.25) is 6.54 Å². The van der Waals surface area contributed by atoms with Crippen molar-refractivity contribution in [2.24, 2.45) is 0 Å². The van der Waals surface area contributed by atoms with Crippen molar-refractivity contribution in [1.82, 2.24) is 0 Å². The average Bonchev–Trinajstić information content (AvgIpc) is 2.02. The predicted octanol–water partition coefficient (Wildman–Crippen LogP) is 0.787. The molecule has 0 aromatic heterocycles. The van der Waals surface area contributed by atoms with Crippen LogP contribution in [-0.2, 0) is 9.84 Å². The van der Waals surface area contributed by atoms with E-state index in [9.17, 15) is 18.5 Å². The second-order valence-electron chi connectivity index (χ2n) is 3.58. The molecule has 0 spiro atoms. The molecule has 1 rings (SSSR count). The van der Waals surface area contributed by atoms with Crippen LogP contribution in [0.3, 0.4) is 0 Å². The minimum atomic E-state index is -2.99. The second-order valence-corrected chi connectivity index (χ2v) is 5.90. The zero-order valence-corrected chi connectivity index (χ0v) is 8.79. The molecule has 0 N–H and O–H groups in total. The maximum absolute atomic E-state index is 11.2. The van der Waals surface area contributed by atoms with Gasteiger partial charge in [-0.1, -0.05) is 6.08 Å². The number of hydrogen-bond donors (Lipinski definition) is 0. The van der Waals surface area contributed by atoms with Crippen LogP contribution in [0, 0.1) is 10.1 Å². The standard InChI is InChI=1S/C8H13NO4S/c1-14(12,13)8-4-2-7(3-5-8)6-9(10)11/h2,8H,3-6H2,1H3/t8-/m1/s1. The Morgan fingerprint density at radius 2 is 2.29 bits per heavy atom. The van der Waals surface area contributed by atoms with Gasteiger partial charge >= 0.3 is 0 Å². The first-order valence-corrected chi connectivity index (χ1v) is 6.33. The molecule has 1 aliphatic carbocycles. The fraction of sp³-hybridized carbons (Fsp3) is 0.750. The summed E-state index contributed by atoms with van der Waals surface area (Å²) in [5.41, 5.74) is 0.745. The van der Waals surface area contributed by atoms with Crippen LogP contribution in [0.4, 0.5) is 0 Å². The van der Waals surface area contributed by atoms with Gasteiger partial charge in [-0.2, -0.15) is 0 Å². The van der Waals surface area contributed by atoms with Gasteiger partial charge in [-0.05, 0) is 24.8 Å². The van der Waals surface area contributed by atoms with Crippen LogP contribution in [0.5, 0.6) is 0 Å². The molecule has 0 saturated carbocycles. The van der Waals surface area contributed by atoms with Gasteiger partial charge in [0, 0.05) is 11.2 Å². The van der Waals surface area contributed by atoms with E-state index in [1.807, 2.05) is 0 Å². The first kappa shape index (κ1) is 11.2. The van der Waals surface area contributed by atoms with Crippen molar-refractivity contribution in [2.75, 3.05) is 12.8 Å². The molecule has 1 aliphatic rings. The molecule has 0 saturated heterocycles. The lowest BCUT2D eigenvalue weighted by atomic mass is 9.99. The highest BCUT2D eigenvalue weighted by Crippen LogP contribution is 2.22. The van der Waals surface area contributed by atoms with E-state index < -0.39 is 9.84 Å². The molecule has 0 aliphatic heterocycles. The molecule has 6 heteroatoms. The Morgan fingerprint density at radius 1 is 1.64 bits per heavy atom. The van der Waals surface area contributed by atoms with Crippen LogP contribution in [0.25, 0.3) is 0 Å². The largest absolute Gasteiger partial charge is 0.264 e. The zero-order valence-electron chi connectivity index (χ0n) is 7.97. The van der Waals surface area contributed by atoms with Crippen molar-refractivity contribution in [1.29, 1.82) is 0 Å². The molecular weight excluding hydrogens is 206 g/mol. The van der Waals surface area contributed by atoms with Gasteiger partial charge in [-0.15, -0.1) is 0 Å². The molecule has 0 radical (unpaired) electrons. The maximum Gasteiger partial charge on any atom is 0.224 e. The van der Waals surface area contributed by atoms with E-state index in [1.54, 1.807) is 6.08 Å². The van der Waals surface area contributed by atoms with E-state index in [2.05, 4.69) is 0 Å². The van der Waals surface area contributed by atoms with Crippen LogP contribution in [0.15, 0.2) is 11.6 Å². The number of hydrogen-bond acceptors (Lipinski definition) is 4. The van der Waals surface area contributed by atoms with Gasteiger partial charge in [-0.25, -0.2) is 8.42 Å². The summed E-state index contributed by atoms with van der Waals surface area (Å²) in [5.74, 6) is 0. The van der Waals surface area contributed by atoms with E-state index in [0.717, 1.165) is 5.57 Å². The topological polar surface area (TPSA) is 77.3 Å². The van der Waals surface area contributed by atoms with Crippen LogP contribution >= 0.6 is 0 Å². The monoisotopic (exact) mass is 219 g/mol. The Kier molecular flexibility index (Phi) is 3.25. The van der Waals surface area contributed by atoms with Gasteiger partial charge in [0.25, 0.3) is 0 Å². The normalized spacial score (nSPS) is 22.9. The van der Waals surface area contributed by atoms with E-state index in [0.29, 0.717) is 19.3 Å². The highest BCUT2D eigenvalue weighted by atomic mass is 32.2. The molecule has 0 heterocycles. The lowest BCUT2D eigenvalue weighted by molar-refractivity contribution is -0.471. The number of nitrogens with zero attached hydrogens (tertiary/aromatic N) is 1. The van der Waals surface area contributed by atoms with Crippen molar-refractivity contribution in [3.63, 3.8) is 0 Å². The van der Waals surface area contributed by atoms with Crippen molar-refractivity contribution >= 4 is 9.84 Å². The molecule has 80 valence electrons. The quantitative estimate of drug-likeness (QED) is 0.399. The Hall–Kier alpha value is -0.910. The summed E-state index contributed by atoms with van der Waals surface area (Å²) in [7, 11) is -2.99. The molecule has 5 nitrogen and oxygen atoms in total. The number of sulfone groups is 1. The van der Waals surface area contributed by atoms with E-state index in [-0.39, 0.29) is 16.7 Å². The van der Waals surface area contributed by atoms with Gasteiger partial charge < -0.3 is 0 Å². The van der Waals surface area contributed by atoms with Gasteiger partial charge in [0.1, 0.15) is 0 Å². The predicted molar refractivity (Wildman–Crippen MR) is 52.4 cm³/mol. The zero-order chi connectivity index (χ0) is 10.8. The molecule has 1 atom stereocenters. The van der Waals surface area contributed by atoms with Crippen LogP contribution in [-0.4, -0.2) is 31.4 Å². The number of rotatable bonds is 3. The molecule has 0 aromatic rings. The van der Waals surface area contributed by atoms with E-state index in [1.165, 1.54) is 6.26 Å². The summed E-state index contributed by atoms with van der Waals surface area (Å²) in [6, 6.07) is 0. The summed E-state index contributed by atoms with van der Waals surface area (Å²) in [6.45, 7) is -0.156. The molecule has 0 unspecified atom stereocenters. The van der Waals surface area contributed by atoms with Crippen LogP contribution < -0.4 is 0 Å². The minimum Gasteiger partial charge on any atom is -0.264 e. The highest BCUT2D eigenvalue weighted by Gasteiger charge is 2.24. The Labute approximate surface area is 82.9 Å². The summed E-state index contributed by atoms with van der Waals surface area (Å²) >= 11 is 0. The number of nitro groups is 1. The Bertz CT molecular complexity index is 358. The van der Waals surface area contributed by atoms with Gasteiger partial charge in [-0.3, -0.25) is 10.1 Å². The Balaban J connectivity index is 2.60. The minimum absolute atomic E-state index is 0.156. The van der Waals surface area contributed by atoms with Gasteiger partial charge in [0.05, 0.1) is 5.25 Å². The van der Waals surface area contributed by atoms with Crippen molar-refractivity contribution < 1.29 is 13.3 Å². The summed E-state index contributed by atoms with van der Waals surface area (Å²) in [4.78, 5) is 9.81. The third kappa shape index (κ3) is 3.10. The molecule has 0 amide bonds. The number of allylic oxidation sites excluding steroid dienone is 1. The molecular formula is C8H13NO4S. The second kappa shape index (κ2) is 4.08. The van der Waals surface area contributed by atoms with Crippen LogP contribution in [0.1, 0.15) is 19.3 Å². The third-order valence-corrected chi connectivity index (χ3v) is 4.03. The maximum atomic E-state index is 11.2. The average molecular weight is 219 g/mol. The Morgan fingerprint density at radius 3 is 2.64 bits per heavy atom. The van der Waals surface area contributed by atoms with Crippen molar-refractivity contribution in [2.45, 2.75) is 24.5 Å². The lowest BCUT2D eigenvalue weighted by Gasteiger charge is -2.18. The molecule has 0 aromatic carbocycles. The third-order valence-electron chi connectivity index (χ3n) is 2.39. The van der Waals surface area contributed by atoms with E-state index >= 15 is 0 Å². The summed E-state index contributed by atoms with van der Waals surface area (Å²) in [6.07, 6.45) is 4.36. The molecule has 0 bridgehead atoms.